The quantitative estimate of drug-likeness (QED) is 0.659. The predicted molar refractivity (Wildman–Crippen MR) is 103 cm³/mol. The third-order valence-electron chi connectivity index (χ3n) is 5.13. The summed E-state index contributed by atoms with van der Waals surface area (Å²) in [6, 6.07) is 8.26. The summed E-state index contributed by atoms with van der Waals surface area (Å²) in [6.07, 6.45) is 2.47. The van der Waals surface area contributed by atoms with Gasteiger partial charge in [0.2, 0.25) is 0 Å². The highest BCUT2D eigenvalue weighted by Crippen LogP contribution is 2.25. The summed E-state index contributed by atoms with van der Waals surface area (Å²) in [6.45, 7) is 8.30. The van der Waals surface area contributed by atoms with Gasteiger partial charge in [-0.3, -0.25) is 9.89 Å². The van der Waals surface area contributed by atoms with Crippen LogP contribution in [0.1, 0.15) is 31.4 Å². The van der Waals surface area contributed by atoms with E-state index in [9.17, 15) is 0 Å². The van der Waals surface area contributed by atoms with Gasteiger partial charge in [-0.25, -0.2) is 0 Å². The van der Waals surface area contributed by atoms with Crippen molar-refractivity contribution in [2.75, 3.05) is 45.9 Å². The lowest BCUT2D eigenvalue weighted by atomic mass is 10.0. The first kappa shape index (κ1) is 18.5. The van der Waals surface area contributed by atoms with Gasteiger partial charge in [-0.2, -0.15) is 0 Å². The molecule has 2 aliphatic heterocycles. The zero-order valence-corrected chi connectivity index (χ0v) is 15.8. The van der Waals surface area contributed by atoms with E-state index in [1.54, 1.807) is 0 Å². The van der Waals surface area contributed by atoms with Crippen LogP contribution < -0.4 is 5.73 Å². The topological polar surface area (TPSA) is 54.1 Å². The minimum atomic E-state index is 0.184. The highest BCUT2D eigenvalue weighted by atomic mass is 35.5. The Morgan fingerprint density at radius 1 is 1.36 bits per heavy atom. The summed E-state index contributed by atoms with van der Waals surface area (Å²) in [5.74, 6) is 1.36. The van der Waals surface area contributed by atoms with Crippen LogP contribution in [-0.4, -0.2) is 61.7 Å². The molecule has 2 atom stereocenters. The van der Waals surface area contributed by atoms with E-state index in [1.165, 1.54) is 18.4 Å². The van der Waals surface area contributed by atoms with Gasteiger partial charge in [0.05, 0.1) is 25.8 Å². The van der Waals surface area contributed by atoms with Crippen LogP contribution >= 0.6 is 11.6 Å². The number of nitrogens with zero attached hydrogens (tertiary/aromatic N) is 3. The molecule has 2 saturated heterocycles. The summed E-state index contributed by atoms with van der Waals surface area (Å²) in [7, 11) is 0. The molecule has 5 nitrogen and oxygen atoms in total. The van der Waals surface area contributed by atoms with Crippen molar-refractivity contribution in [3.8, 4) is 0 Å². The van der Waals surface area contributed by atoms with Crippen molar-refractivity contribution in [3.63, 3.8) is 0 Å². The van der Waals surface area contributed by atoms with Crippen LogP contribution in [-0.2, 0) is 4.74 Å². The molecule has 0 radical (unpaired) electrons. The summed E-state index contributed by atoms with van der Waals surface area (Å²) >= 11 is 6.22. The van der Waals surface area contributed by atoms with Gasteiger partial charge in [0.1, 0.15) is 0 Å². The molecule has 0 aliphatic carbocycles. The Bertz CT molecular complexity index is 589. The first-order chi connectivity index (χ1) is 12.1. The number of nitrogens with two attached hydrogens (primary N) is 1. The molecular formula is C19H29ClN4O. The van der Waals surface area contributed by atoms with Crippen LogP contribution in [0.25, 0.3) is 0 Å². The van der Waals surface area contributed by atoms with Crippen molar-refractivity contribution >= 4 is 17.6 Å². The Hall–Kier alpha value is -1.30. The summed E-state index contributed by atoms with van der Waals surface area (Å²) in [5, 5.41) is 0.762. The summed E-state index contributed by atoms with van der Waals surface area (Å²) in [5.41, 5.74) is 7.50. The summed E-state index contributed by atoms with van der Waals surface area (Å²) < 4.78 is 5.51. The Balaban J connectivity index is 1.73. The minimum absolute atomic E-state index is 0.184. The number of hydrogen-bond donors (Lipinski definition) is 1. The average Bonchev–Trinajstić information content (AvgIpc) is 2.63. The normalized spacial score (nSPS) is 24.3. The van der Waals surface area contributed by atoms with Crippen LogP contribution in [0.2, 0.25) is 5.02 Å². The lowest BCUT2D eigenvalue weighted by Gasteiger charge is -2.35. The molecule has 2 fully saturated rings. The second kappa shape index (κ2) is 8.88. The molecule has 2 N–H and O–H groups in total. The number of benzene rings is 1. The maximum Gasteiger partial charge on any atom is 0.191 e. The Morgan fingerprint density at radius 3 is 2.88 bits per heavy atom. The molecule has 6 heteroatoms. The third kappa shape index (κ3) is 5.09. The number of halogens is 1. The van der Waals surface area contributed by atoms with E-state index in [0.29, 0.717) is 18.4 Å². The van der Waals surface area contributed by atoms with Gasteiger partial charge in [0.15, 0.2) is 5.96 Å². The lowest BCUT2D eigenvalue weighted by Crippen LogP contribution is -2.44. The van der Waals surface area contributed by atoms with E-state index in [4.69, 9.17) is 27.1 Å². The van der Waals surface area contributed by atoms with E-state index in [-0.39, 0.29) is 6.04 Å². The molecule has 2 unspecified atom stereocenters. The van der Waals surface area contributed by atoms with Crippen molar-refractivity contribution in [3.05, 3.63) is 34.9 Å². The first-order valence-corrected chi connectivity index (χ1v) is 9.63. The number of rotatable bonds is 4. The van der Waals surface area contributed by atoms with E-state index < -0.39 is 0 Å². The molecule has 0 saturated carbocycles. The predicted octanol–water partition coefficient (Wildman–Crippen LogP) is 2.76. The number of piperidine rings is 1. The smallest absolute Gasteiger partial charge is 0.191 e. The molecule has 138 valence electrons. The molecule has 1 aromatic rings. The number of likely N-dealkylation sites (tertiary alicyclic amines) is 1. The van der Waals surface area contributed by atoms with Gasteiger partial charge in [-0.15, -0.1) is 0 Å². The molecule has 0 spiro atoms. The highest BCUT2D eigenvalue weighted by Gasteiger charge is 2.24. The number of hydrogen-bond acceptors (Lipinski definition) is 3. The van der Waals surface area contributed by atoms with E-state index in [1.807, 2.05) is 18.2 Å². The van der Waals surface area contributed by atoms with Gasteiger partial charge in [0.25, 0.3) is 0 Å². The Kier molecular flexibility index (Phi) is 6.57. The molecule has 2 aliphatic rings. The van der Waals surface area contributed by atoms with E-state index in [2.05, 4.69) is 22.8 Å². The highest BCUT2D eigenvalue weighted by molar-refractivity contribution is 6.30. The fraction of sp³-hybridized carbons (Fsp3) is 0.632. The van der Waals surface area contributed by atoms with Crippen LogP contribution in [0.4, 0.5) is 0 Å². The zero-order valence-electron chi connectivity index (χ0n) is 15.0. The molecule has 0 bridgehead atoms. The van der Waals surface area contributed by atoms with Crippen LogP contribution in [0, 0.1) is 5.92 Å². The molecule has 2 heterocycles. The zero-order chi connectivity index (χ0) is 17.6. The lowest BCUT2D eigenvalue weighted by molar-refractivity contribution is 0.0179. The summed E-state index contributed by atoms with van der Waals surface area (Å²) in [4.78, 5) is 9.40. The molecular weight excluding hydrogens is 336 g/mol. The first-order valence-electron chi connectivity index (χ1n) is 9.25. The second-order valence-corrected chi connectivity index (χ2v) is 7.55. The molecule has 25 heavy (non-hydrogen) atoms. The maximum absolute atomic E-state index is 6.30. The van der Waals surface area contributed by atoms with Gasteiger partial charge < -0.3 is 15.4 Å². The largest absolute Gasteiger partial charge is 0.379 e. The Labute approximate surface area is 155 Å². The molecule has 3 rings (SSSR count). The average molecular weight is 365 g/mol. The van der Waals surface area contributed by atoms with Gasteiger partial charge in [-0.1, -0.05) is 30.7 Å². The van der Waals surface area contributed by atoms with Crippen molar-refractivity contribution < 1.29 is 4.74 Å². The number of guanidine groups is 1. The maximum atomic E-state index is 6.30. The van der Waals surface area contributed by atoms with Gasteiger partial charge >= 0.3 is 0 Å². The molecule has 1 aromatic carbocycles. The van der Waals surface area contributed by atoms with Crippen LogP contribution in [0.15, 0.2) is 29.3 Å². The van der Waals surface area contributed by atoms with Crippen LogP contribution in [0.5, 0.6) is 0 Å². The Morgan fingerprint density at radius 2 is 2.16 bits per heavy atom. The van der Waals surface area contributed by atoms with Crippen molar-refractivity contribution in [1.29, 1.82) is 0 Å². The third-order valence-corrected chi connectivity index (χ3v) is 5.36. The minimum Gasteiger partial charge on any atom is -0.379 e. The fourth-order valence-corrected chi connectivity index (χ4v) is 3.91. The number of morpholine rings is 1. The van der Waals surface area contributed by atoms with Crippen molar-refractivity contribution in [2.45, 2.75) is 25.8 Å². The number of aliphatic imine (C=N–C) groups is 1. The second-order valence-electron chi connectivity index (χ2n) is 7.11. The standard InChI is InChI=1S/C19H29ClN4O/c1-15-4-3-7-24(14-15)19(21)22-13-18(23-8-10-25-11-9-23)16-5-2-6-17(20)12-16/h2,5-6,12,15,18H,3-4,7-11,13-14H2,1H3,(H2,21,22). The monoisotopic (exact) mass is 364 g/mol. The van der Waals surface area contributed by atoms with Gasteiger partial charge in [0, 0.05) is 31.2 Å². The van der Waals surface area contributed by atoms with E-state index in [0.717, 1.165) is 44.4 Å². The van der Waals surface area contributed by atoms with Gasteiger partial charge in [-0.05, 0) is 36.5 Å². The molecule has 0 aromatic heterocycles. The van der Waals surface area contributed by atoms with Crippen molar-refractivity contribution in [1.82, 2.24) is 9.80 Å². The fourth-order valence-electron chi connectivity index (χ4n) is 3.71. The van der Waals surface area contributed by atoms with Crippen molar-refractivity contribution in [2.24, 2.45) is 16.6 Å². The van der Waals surface area contributed by atoms with Crippen LogP contribution in [0.3, 0.4) is 0 Å². The van der Waals surface area contributed by atoms with E-state index >= 15 is 0 Å². The number of ether oxygens (including phenoxy) is 1. The SMILES string of the molecule is CC1CCCN(C(N)=NCC(c2cccc(Cl)c2)N2CCOCC2)C1. The molecule has 0 amide bonds.